The molecule has 140 valence electrons. The Hall–Kier alpha value is -1.81. The smallest absolute Gasteiger partial charge is 0.186 e. The van der Waals surface area contributed by atoms with Gasteiger partial charge in [-0.3, -0.25) is 0 Å². The highest BCUT2D eigenvalue weighted by atomic mass is 16.3. The highest BCUT2D eigenvalue weighted by molar-refractivity contribution is 5.75. The van der Waals surface area contributed by atoms with E-state index in [0.29, 0.717) is 18.4 Å². The van der Waals surface area contributed by atoms with Crippen molar-refractivity contribution in [2.45, 2.75) is 57.5 Å². The van der Waals surface area contributed by atoms with Gasteiger partial charge >= 0.3 is 0 Å². The molecule has 0 bridgehead atoms. The van der Waals surface area contributed by atoms with E-state index in [4.69, 9.17) is 11.5 Å². The minimum atomic E-state index is -0.0902. The summed E-state index contributed by atoms with van der Waals surface area (Å²) < 4.78 is 0. The van der Waals surface area contributed by atoms with Gasteiger partial charge in [-0.1, -0.05) is 37.3 Å². The van der Waals surface area contributed by atoms with Gasteiger partial charge < -0.3 is 16.6 Å². The van der Waals surface area contributed by atoms with E-state index in [-0.39, 0.29) is 17.5 Å². The maximum Gasteiger partial charge on any atom is 0.186 e. The monoisotopic (exact) mass is 353 g/mol. The Morgan fingerprint density at radius 3 is 2.92 bits per heavy atom. The maximum atomic E-state index is 10.5. The van der Waals surface area contributed by atoms with Crippen LogP contribution in [0.15, 0.2) is 29.3 Å². The second kappa shape index (κ2) is 6.73. The largest absolute Gasteiger partial charge is 0.393 e. The molecule has 26 heavy (non-hydrogen) atoms. The molecule has 2 saturated carbocycles. The summed E-state index contributed by atoms with van der Waals surface area (Å²) in [6.45, 7) is 2.86. The summed E-state index contributed by atoms with van der Waals surface area (Å²) in [5, 5.41) is 10.5. The van der Waals surface area contributed by atoms with Gasteiger partial charge in [0.25, 0.3) is 0 Å². The fraction of sp³-hybridized carbons (Fsp3) is 0.591. The van der Waals surface area contributed by atoms with E-state index in [1.165, 1.54) is 36.8 Å². The Bertz CT molecular complexity index is 737. The van der Waals surface area contributed by atoms with Crippen LogP contribution in [0.1, 0.15) is 61.6 Å². The number of aryl methyl sites for hydroxylation is 1. The highest BCUT2D eigenvalue weighted by Gasteiger charge is 2.54. The fourth-order valence-corrected chi connectivity index (χ4v) is 6.03. The van der Waals surface area contributed by atoms with Crippen molar-refractivity contribution in [1.82, 2.24) is 0 Å². The number of fused-ring (bicyclic) bond motifs is 5. The predicted octanol–water partition coefficient (Wildman–Crippen LogP) is 3.19. The Balaban J connectivity index is 1.53. The summed E-state index contributed by atoms with van der Waals surface area (Å²) in [5.41, 5.74) is 15.2. The molecule has 0 heterocycles. The summed E-state index contributed by atoms with van der Waals surface area (Å²) in [4.78, 5) is 3.99. The molecule has 0 spiro atoms. The zero-order chi connectivity index (χ0) is 18.3. The number of rotatable bonds is 3. The van der Waals surface area contributed by atoms with Crippen LogP contribution in [0.25, 0.3) is 6.08 Å². The number of aliphatic hydroxyl groups excluding tert-OH is 1. The van der Waals surface area contributed by atoms with Crippen molar-refractivity contribution in [3.63, 3.8) is 0 Å². The molecule has 3 aliphatic rings. The van der Waals surface area contributed by atoms with Gasteiger partial charge in [-0.15, -0.1) is 0 Å². The molecule has 4 nitrogen and oxygen atoms in total. The molecule has 0 aliphatic heterocycles. The zero-order valence-corrected chi connectivity index (χ0v) is 15.7. The minimum Gasteiger partial charge on any atom is -0.393 e. The molecular weight excluding hydrogens is 322 g/mol. The molecule has 1 aromatic rings. The van der Waals surface area contributed by atoms with Crippen LogP contribution in [0.4, 0.5) is 0 Å². The third-order valence-corrected chi connectivity index (χ3v) is 7.39. The minimum absolute atomic E-state index is 0.0902. The molecule has 5 atom stereocenters. The molecule has 4 rings (SSSR count). The predicted molar refractivity (Wildman–Crippen MR) is 107 cm³/mol. The van der Waals surface area contributed by atoms with Crippen molar-refractivity contribution in [1.29, 1.82) is 0 Å². The fourth-order valence-electron chi connectivity index (χ4n) is 6.03. The average molecular weight is 354 g/mol. The second-order valence-electron chi connectivity index (χ2n) is 8.68. The molecule has 0 amide bonds. The van der Waals surface area contributed by atoms with Crippen LogP contribution < -0.4 is 11.5 Å². The summed E-state index contributed by atoms with van der Waals surface area (Å²) in [6.07, 6.45) is 11.0. The zero-order valence-electron chi connectivity index (χ0n) is 15.7. The van der Waals surface area contributed by atoms with Crippen LogP contribution in [0.5, 0.6) is 0 Å². The summed E-state index contributed by atoms with van der Waals surface area (Å²) in [7, 11) is 0. The molecule has 0 aromatic heterocycles. The van der Waals surface area contributed by atoms with Gasteiger partial charge in [0, 0.05) is 0 Å². The number of guanidine groups is 1. The maximum absolute atomic E-state index is 10.5. The van der Waals surface area contributed by atoms with Crippen molar-refractivity contribution in [3.8, 4) is 0 Å². The molecule has 4 heteroatoms. The second-order valence-corrected chi connectivity index (χ2v) is 8.68. The van der Waals surface area contributed by atoms with Crippen molar-refractivity contribution in [2.24, 2.45) is 33.7 Å². The van der Waals surface area contributed by atoms with Crippen molar-refractivity contribution >= 4 is 12.0 Å². The highest BCUT2D eigenvalue weighted by Crippen LogP contribution is 2.60. The third kappa shape index (κ3) is 2.94. The number of aliphatic hydroxyl groups is 1. The van der Waals surface area contributed by atoms with E-state index in [1.807, 2.05) is 6.08 Å². The van der Waals surface area contributed by atoms with Crippen LogP contribution in [-0.2, 0) is 6.42 Å². The number of hydrogen-bond acceptors (Lipinski definition) is 2. The first-order valence-corrected chi connectivity index (χ1v) is 10.0. The number of benzene rings is 1. The van der Waals surface area contributed by atoms with Crippen LogP contribution in [0.3, 0.4) is 0 Å². The van der Waals surface area contributed by atoms with Crippen LogP contribution in [-0.4, -0.2) is 23.7 Å². The molecule has 0 radical (unpaired) electrons. The molecule has 2 fully saturated rings. The Morgan fingerprint density at radius 1 is 1.27 bits per heavy atom. The van der Waals surface area contributed by atoms with Gasteiger partial charge in [0.15, 0.2) is 5.96 Å². The van der Waals surface area contributed by atoms with E-state index < -0.39 is 0 Å². The van der Waals surface area contributed by atoms with Crippen molar-refractivity contribution in [3.05, 3.63) is 41.0 Å². The SMILES string of the molecule is C[C@]12CC[C@@H]3c4ccc(/C=C/CN=C(N)N)cc4CC[C@H]3[C@@H]1CC[C@@H]2O. The normalized spacial score (nSPS) is 35.6. The van der Waals surface area contributed by atoms with Crippen molar-refractivity contribution in [2.75, 3.05) is 6.54 Å². The van der Waals surface area contributed by atoms with E-state index in [0.717, 1.165) is 18.8 Å². The molecule has 5 N–H and O–H groups in total. The van der Waals surface area contributed by atoms with Crippen LogP contribution >= 0.6 is 0 Å². The number of hydrogen-bond donors (Lipinski definition) is 3. The molecule has 1 aromatic carbocycles. The summed E-state index contributed by atoms with van der Waals surface area (Å²) in [6, 6.07) is 6.92. The van der Waals surface area contributed by atoms with E-state index in [9.17, 15) is 5.11 Å². The van der Waals surface area contributed by atoms with Gasteiger partial charge in [-0.05, 0) is 78.4 Å². The Kier molecular flexibility index (Phi) is 4.55. The summed E-state index contributed by atoms with van der Waals surface area (Å²) in [5.74, 6) is 2.26. The standard InChI is InChI=1S/C22H31N3O/c1-22-11-10-17-16-6-4-14(3-2-12-25-21(23)24)13-15(16)5-7-18(17)19(22)8-9-20(22)26/h2-4,6,13,17-20,26H,5,7-12H2,1H3,(H4,23,24,25)/b3-2+/t17-,18-,19+,20+,22+/m1/s1. The summed E-state index contributed by atoms with van der Waals surface area (Å²) >= 11 is 0. The molecule has 0 saturated heterocycles. The van der Waals surface area contributed by atoms with Crippen LogP contribution in [0.2, 0.25) is 0 Å². The molecule has 0 unspecified atom stereocenters. The number of nitrogens with two attached hydrogens (primary N) is 2. The van der Waals surface area contributed by atoms with E-state index in [2.05, 4.69) is 36.2 Å². The van der Waals surface area contributed by atoms with E-state index >= 15 is 0 Å². The molecular formula is C22H31N3O. The van der Waals surface area contributed by atoms with Gasteiger partial charge in [-0.25, -0.2) is 4.99 Å². The van der Waals surface area contributed by atoms with Crippen molar-refractivity contribution < 1.29 is 5.11 Å². The van der Waals surface area contributed by atoms with Crippen LogP contribution in [0, 0.1) is 17.3 Å². The van der Waals surface area contributed by atoms with Gasteiger partial charge in [0.2, 0.25) is 0 Å². The van der Waals surface area contributed by atoms with E-state index in [1.54, 1.807) is 5.56 Å². The van der Waals surface area contributed by atoms with Gasteiger partial charge in [-0.2, -0.15) is 0 Å². The lowest BCUT2D eigenvalue weighted by Gasteiger charge is -2.50. The first-order chi connectivity index (χ1) is 12.5. The van der Waals surface area contributed by atoms with Gasteiger partial charge in [0.1, 0.15) is 0 Å². The average Bonchev–Trinajstić information content (AvgIpc) is 2.93. The quantitative estimate of drug-likeness (QED) is 0.576. The number of nitrogens with zero attached hydrogens (tertiary/aromatic N) is 1. The topological polar surface area (TPSA) is 84.6 Å². The first-order valence-electron chi connectivity index (χ1n) is 10.0. The van der Waals surface area contributed by atoms with Gasteiger partial charge in [0.05, 0.1) is 12.6 Å². The Labute approximate surface area is 156 Å². The number of aliphatic imine (C=N–C) groups is 1. The lowest BCUT2D eigenvalue weighted by molar-refractivity contribution is -0.0226. The molecule has 3 aliphatic carbocycles. The first kappa shape index (κ1) is 17.6. The lowest BCUT2D eigenvalue weighted by atomic mass is 9.55. The third-order valence-electron chi connectivity index (χ3n) is 7.39. The lowest BCUT2D eigenvalue weighted by Crippen LogP contribution is -2.43. The Morgan fingerprint density at radius 2 is 2.12 bits per heavy atom.